The molecule has 4 N–H and O–H groups in total. The van der Waals surface area contributed by atoms with Crippen LogP contribution in [0.1, 0.15) is 24.2 Å². The maximum absolute atomic E-state index is 12.5. The van der Waals surface area contributed by atoms with Crippen molar-refractivity contribution >= 4 is 17.7 Å². The summed E-state index contributed by atoms with van der Waals surface area (Å²) >= 11 is 0. The van der Waals surface area contributed by atoms with E-state index in [1.54, 1.807) is 31.2 Å². The van der Waals surface area contributed by atoms with E-state index in [9.17, 15) is 14.7 Å². The zero-order chi connectivity index (χ0) is 21.2. The fourth-order valence-corrected chi connectivity index (χ4v) is 2.54. The first-order valence-electron chi connectivity index (χ1n) is 9.00. The maximum Gasteiger partial charge on any atom is 0.412 e. The lowest BCUT2D eigenvalue weighted by Crippen LogP contribution is -2.28. The number of benzene rings is 2. The molecule has 0 saturated carbocycles. The molecule has 0 bridgehead atoms. The van der Waals surface area contributed by atoms with E-state index in [0.29, 0.717) is 11.3 Å². The van der Waals surface area contributed by atoms with Crippen LogP contribution in [0, 0.1) is 6.92 Å². The number of hydrogen-bond donors (Lipinski definition) is 4. The molecular weight excluding hydrogens is 376 g/mol. The monoisotopic (exact) mass is 400 g/mol. The lowest BCUT2D eigenvalue weighted by Gasteiger charge is -2.25. The smallest absolute Gasteiger partial charge is 0.412 e. The van der Waals surface area contributed by atoms with Crippen LogP contribution in [0.3, 0.4) is 0 Å². The molecule has 0 aliphatic heterocycles. The van der Waals surface area contributed by atoms with Gasteiger partial charge in [-0.1, -0.05) is 29.8 Å². The Balaban J connectivity index is 2.25. The molecule has 0 fully saturated rings. The van der Waals surface area contributed by atoms with E-state index < -0.39 is 24.2 Å². The van der Waals surface area contributed by atoms with Crippen LogP contribution in [-0.2, 0) is 14.3 Å². The van der Waals surface area contributed by atoms with Crippen LogP contribution in [0.15, 0.2) is 60.7 Å². The van der Waals surface area contributed by atoms with Crippen LogP contribution < -0.4 is 10.8 Å². The van der Waals surface area contributed by atoms with E-state index in [4.69, 9.17) is 14.7 Å². The first-order valence-corrected chi connectivity index (χ1v) is 9.00. The molecule has 2 aromatic rings. The molecule has 8 nitrogen and oxygen atoms in total. The first kappa shape index (κ1) is 21.9. The highest BCUT2D eigenvalue weighted by molar-refractivity contribution is 5.86. The Morgan fingerprint density at radius 1 is 1.10 bits per heavy atom. The van der Waals surface area contributed by atoms with Crippen molar-refractivity contribution in [3.05, 3.63) is 71.8 Å². The van der Waals surface area contributed by atoms with Crippen molar-refractivity contribution in [2.75, 3.05) is 11.9 Å². The van der Waals surface area contributed by atoms with Gasteiger partial charge in [-0.05, 0) is 49.8 Å². The van der Waals surface area contributed by atoms with Gasteiger partial charge in [-0.3, -0.25) is 15.3 Å². The summed E-state index contributed by atoms with van der Waals surface area (Å²) in [5.41, 5.74) is 3.66. The second-order valence-corrected chi connectivity index (χ2v) is 6.16. The summed E-state index contributed by atoms with van der Waals surface area (Å²) in [6, 6.07) is 13.3. The van der Waals surface area contributed by atoms with Crippen molar-refractivity contribution in [2.45, 2.75) is 26.1 Å². The van der Waals surface area contributed by atoms with Gasteiger partial charge >= 0.3 is 6.09 Å². The quantitative estimate of drug-likeness (QED) is 0.306. The molecule has 2 atom stereocenters. The Bertz CT molecular complexity index is 833. The number of aromatic hydroxyl groups is 1. The average molecular weight is 400 g/mol. The molecule has 0 radical (unpaired) electrons. The molecule has 2 aromatic carbocycles. The minimum atomic E-state index is -0.913. The van der Waals surface area contributed by atoms with Gasteiger partial charge in [0.25, 0.3) is 5.91 Å². The molecule has 0 saturated heterocycles. The van der Waals surface area contributed by atoms with E-state index >= 15 is 0 Å². The second kappa shape index (κ2) is 10.8. The van der Waals surface area contributed by atoms with Gasteiger partial charge in [0, 0.05) is 18.4 Å². The van der Waals surface area contributed by atoms with Crippen LogP contribution in [0.2, 0.25) is 0 Å². The number of ether oxygens (including phenoxy) is 2. The average Bonchev–Trinajstić information content (AvgIpc) is 2.71. The van der Waals surface area contributed by atoms with Crippen molar-refractivity contribution < 1.29 is 29.4 Å². The molecule has 29 heavy (non-hydrogen) atoms. The van der Waals surface area contributed by atoms with E-state index in [2.05, 4.69) is 5.32 Å². The van der Waals surface area contributed by atoms with Gasteiger partial charge in [-0.25, -0.2) is 10.3 Å². The molecule has 2 rings (SSSR count). The molecule has 2 amide bonds. The Kier molecular flexibility index (Phi) is 8.20. The summed E-state index contributed by atoms with van der Waals surface area (Å²) in [5.74, 6) is -0.692. The lowest BCUT2D eigenvalue weighted by molar-refractivity contribution is -0.124. The van der Waals surface area contributed by atoms with Crippen molar-refractivity contribution in [1.29, 1.82) is 0 Å². The minimum Gasteiger partial charge on any atom is -0.508 e. The van der Waals surface area contributed by atoms with Crippen LogP contribution >= 0.6 is 0 Å². The number of anilines is 1. The van der Waals surface area contributed by atoms with Crippen molar-refractivity contribution in [3.63, 3.8) is 0 Å². The Labute approximate surface area is 168 Å². The number of phenolic OH excluding ortho intramolecular Hbond substituents is 1. The molecule has 0 heterocycles. The van der Waals surface area contributed by atoms with Crippen LogP contribution in [0.4, 0.5) is 10.5 Å². The number of carbonyl (C=O) groups excluding carboxylic acids is 2. The molecule has 0 unspecified atom stereocenters. The summed E-state index contributed by atoms with van der Waals surface area (Å²) in [6.07, 6.45) is 0.0201. The molecule has 0 aliphatic rings. The zero-order valence-corrected chi connectivity index (χ0v) is 16.2. The SMILES string of the molecule is CCO[C@@H](/C=C/C(=O)NO)[C@@H](OC(=O)Nc1ccc(C)cc1)c1ccc(O)cc1. The molecular formula is C21H24N2O6. The van der Waals surface area contributed by atoms with E-state index in [1.807, 2.05) is 19.1 Å². The van der Waals surface area contributed by atoms with Gasteiger partial charge in [-0.2, -0.15) is 0 Å². The van der Waals surface area contributed by atoms with Gasteiger partial charge < -0.3 is 14.6 Å². The highest BCUT2D eigenvalue weighted by Crippen LogP contribution is 2.27. The van der Waals surface area contributed by atoms with Gasteiger partial charge in [0.2, 0.25) is 0 Å². The third-order valence-corrected chi connectivity index (χ3v) is 3.96. The largest absolute Gasteiger partial charge is 0.508 e. The van der Waals surface area contributed by atoms with Gasteiger partial charge in [-0.15, -0.1) is 0 Å². The summed E-state index contributed by atoms with van der Waals surface area (Å²) in [5, 5.41) is 20.9. The fraction of sp³-hybridized carbons (Fsp3) is 0.238. The number of rotatable bonds is 8. The summed E-state index contributed by atoms with van der Waals surface area (Å²) in [6.45, 7) is 3.98. The van der Waals surface area contributed by atoms with Crippen molar-refractivity contribution in [2.24, 2.45) is 0 Å². The lowest BCUT2D eigenvalue weighted by atomic mass is 10.0. The summed E-state index contributed by atoms with van der Waals surface area (Å²) < 4.78 is 11.2. The third-order valence-electron chi connectivity index (χ3n) is 3.96. The van der Waals surface area contributed by atoms with Gasteiger partial charge in [0.15, 0.2) is 6.10 Å². The standard InChI is InChI=1S/C21H24N2O6/c1-3-28-18(12-13-19(25)23-27)20(15-6-10-17(24)11-7-15)29-21(26)22-16-8-4-14(2)5-9-16/h4-13,18,20,24,27H,3H2,1-2H3,(H,22,26)(H,23,25)/b13-12+/t18-,20-/m0/s1. The topological polar surface area (TPSA) is 117 Å². The number of amides is 2. The number of aryl methyl sites for hydroxylation is 1. The molecule has 0 aromatic heterocycles. The molecule has 154 valence electrons. The van der Waals surface area contributed by atoms with Gasteiger partial charge in [0.1, 0.15) is 11.9 Å². The number of carbonyl (C=O) groups is 2. The number of nitrogens with one attached hydrogen (secondary N) is 2. The minimum absolute atomic E-state index is 0.0553. The maximum atomic E-state index is 12.5. The highest BCUT2D eigenvalue weighted by atomic mass is 16.6. The predicted molar refractivity (Wildman–Crippen MR) is 107 cm³/mol. The summed E-state index contributed by atoms with van der Waals surface area (Å²) in [4.78, 5) is 23.8. The first-order chi connectivity index (χ1) is 13.9. The molecule has 0 spiro atoms. The number of hydroxylamine groups is 1. The Morgan fingerprint density at radius 2 is 1.76 bits per heavy atom. The normalized spacial score (nSPS) is 12.9. The van der Waals surface area contributed by atoms with E-state index in [0.717, 1.165) is 11.6 Å². The Morgan fingerprint density at radius 3 is 2.34 bits per heavy atom. The fourth-order valence-electron chi connectivity index (χ4n) is 2.54. The van der Waals surface area contributed by atoms with Gasteiger partial charge in [0.05, 0.1) is 0 Å². The van der Waals surface area contributed by atoms with Crippen LogP contribution in [0.5, 0.6) is 5.75 Å². The number of phenols is 1. The number of hydrogen-bond acceptors (Lipinski definition) is 6. The van der Waals surface area contributed by atoms with Crippen molar-refractivity contribution in [3.8, 4) is 5.75 Å². The predicted octanol–water partition coefficient (Wildman–Crippen LogP) is 3.46. The zero-order valence-electron chi connectivity index (χ0n) is 16.2. The molecule has 0 aliphatic carbocycles. The molecule has 8 heteroatoms. The van der Waals surface area contributed by atoms with Crippen LogP contribution in [-0.4, -0.2) is 35.0 Å². The highest BCUT2D eigenvalue weighted by Gasteiger charge is 2.26. The van der Waals surface area contributed by atoms with Crippen molar-refractivity contribution in [1.82, 2.24) is 5.48 Å². The Hall–Kier alpha value is -3.36. The van der Waals surface area contributed by atoms with E-state index in [-0.39, 0.29) is 12.4 Å². The second-order valence-electron chi connectivity index (χ2n) is 6.16. The van der Waals surface area contributed by atoms with E-state index in [1.165, 1.54) is 23.7 Å². The summed E-state index contributed by atoms with van der Waals surface area (Å²) in [7, 11) is 0. The third kappa shape index (κ3) is 6.95. The van der Waals surface area contributed by atoms with Crippen LogP contribution in [0.25, 0.3) is 0 Å².